The lowest BCUT2D eigenvalue weighted by Crippen LogP contribution is -2.23. The number of thiophene rings is 1. The van der Waals surface area contributed by atoms with Gasteiger partial charge >= 0.3 is 0 Å². The molecule has 12 heavy (non-hydrogen) atoms. The quantitative estimate of drug-likeness (QED) is 0.728. The molecule has 0 aliphatic heterocycles. The van der Waals surface area contributed by atoms with Crippen LogP contribution >= 0.6 is 11.3 Å². The largest absolute Gasteiger partial charge is 0.285 e. The highest BCUT2D eigenvalue weighted by molar-refractivity contribution is 7.12. The molecule has 1 aromatic rings. The van der Waals surface area contributed by atoms with Crippen molar-refractivity contribution in [2.24, 2.45) is 0 Å². The number of hydroxylamine groups is 1. The minimum atomic E-state index is -0.163. The molecule has 1 amide bonds. The summed E-state index contributed by atoms with van der Waals surface area (Å²) in [5.74, 6) is -0.163. The Kier molecular flexibility index (Phi) is 3.25. The minimum Gasteiger partial charge on any atom is -0.274 e. The third-order valence-corrected chi connectivity index (χ3v) is 2.39. The SMILES string of the molecule is CCONC(=O)c1sccc1C. The number of carbonyl (C=O) groups excluding carboxylic acids is 1. The van der Waals surface area contributed by atoms with Crippen LogP contribution in [0, 0.1) is 6.92 Å². The molecule has 0 radical (unpaired) electrons. The molecule has 0 spiro atoms. The molecule has 0 unspecified atom stereocenters. The third kappa shape index (κ3) is 2.06. The number of aryl methyl sites for hydroxylation is 1. The number of carbonyl (C=O) groups is 1. The molecular formula is C8H11NO2S. The maximum absolute atomic E-state index is 11.3. The summed E-state index contributed by atoms with van der Waals surface area (Å²) in [5.41, 5.74) is 3.33. The van der Waals surface area contributed by atoms with Crippen molar-refractivity contribution in [1.82, 2.24) is 5.48 Å². The van der Waals surface area contributed by atoms with Crippen molar-refractivity contribution in [3.63, 3.8) is 0 Å². The van der Waals surface area contributed by atoms with Crippen molar-refractivity contribution in [1.29, 1.82) is 0 Å². The molecule has 0 saturated carbocycles. The van der Waals surface area contributed by atoms with E-state index in [1.807, 2.05) is 25.3 Å². The van der Waals surface area contributed by atoms with Gasteiger partial charge in [0.2, 0.25) is 0 Å². The van der Waals surface area contributed by atoms with Gasteiger partial charge in [0.25, 0.3) is 5.91 Å². The molecule has 1 aromatic heterocycles. The summed E-state index contributed by atoms with van der Waals surface area (Å²) in [5, 5.41) is 1.89. The van der Waals surface area contributed by atoms with Gasteiger partial charge in [0, 0.05) is 0 Å². The fourth-order valence-electron chi connectivity index (χ4n) is 0.789. The number of hydrogen-bond donors (Lipinski definition) is 1. The highest BCUT2D eigenvalue weighted by Crippen LogP contribution is 2.14. The van der Waals surface area contributed by atoms with Gasteiger partial charge in [-0.2, -0.15) is 0 Å². The van der Waals surface area contributed by atoms with E-state index >= 15 is 0 Å². The van der Waals surface area contributed by atoms with E-state index in [4.69, 9.17) is 4.84 Å². The monoisotopic (exact) mass is 185 g/mol. The maximum atomic E-state index is 11.3. The Balaban J connectivity index is 2.59. The van der Waals surface area contributed by atoms with Crippen molar-refractivity contribution in [2.45, 2.75) is 13.8 Å². The standard InChI is InChI=1S/C8H11NO2S/c1-3-11-9-8(10)7-6(2)4-5-12-7/h4-5H,3H2,1-2H3,(H,9,10). The molecular weight excluding hydrogens is 174 g/mol. The smallest absolute Gasteiger partial charge is 0.274 e. The highest BCUT2D eigenvalue weighted by Gasteiger charge is 2.08. The second kappa shape index (κ2) is 4.23. The topological polar surface area (TPSA) is 38.3 Å². The van der Waals surface area contributed by atoms with E-state index in [0.29, 0.717) is 11.5 Å². The lowest BCUT2D eigenvalue weighted by molar-refractivity contribution is 0.0368. The van der Waals surface area contributed by atoms with E-state index in [1.54, 1.807) is 0 Å². The van der Waals surface area contributed by atoms with Gasteiger partial charge in [-0.15, -0.1) is 11.3 Å². The summed E-state index contributed by atoms with van der Waals surface area (Å²) in [4.78, 5) is 16.8. The average molecular weight is 185 g/mol. The van der Waals surface area contributed by atoms with Gasteiger partial charge in [0.1, 0.15) is 0 Å². The summed E-state index contributed by atoms with van der Waals surface area (Å²) < 4.78 is 0. The zero-order valence-corrected chi connectivity index (χ0v) is 7.90. The van der Waals surface area contributed by atoms with Crippen LogP contribution in [0.3, 0.4) is 0 Å². The van der Waals surface area contributed by atoms with Gasteiger partial charge < -0.3 is 0 Å². The van der Waals surface area contributed by atoms with Gasteiger partial charge in [-0.25, -0.2) is 5.48 Å². The summed E-state index contributed by atoms with van der Waals surface area (Å²) in [6.45, 7) is 4.20. The Morgan fingerprint density at radius 1 is 1.75 bits per heavy atom. The van der Waals surface area contributed by atoms with Crippen LogP contribution in [0.2, 0.25) is 0 Å². The number of amides is 1. The van der Waals surface area contributed by atoms with Crippen LogP contribution in [-0.4, -0.2) is 12.5 Å². The maximum Gasteiger partial charge on any atom is 0.285 e. The molecule has 0 saturated heterocycles. The van der Waals surface area contributed by atoms with Crippen LogP contribution in [0.15, 0.2) is 11.4 Å². The van der Waals surface area contributed by atoms with E-state index < -0.39 is 0 Å². The molecule has 0 fully saturated rings. The lowest BCUT2D eigenvalue weighted by Gasteiger charge is -2.01. The number of hydrogen-bond acceptors (Lipinski definition) is 3. The van der Waals surface area contributed by atoms with Crippen LogP contribution in [0.25, 0.3) is 0 Å². The van der Waals surface area contributed by atoms with Crippen molar-refractivity contribution in [2.75, 3.05) is 6.61 Å². The average Bonchev–Trinajstić information content (AvgIpc) is 2.47. The first-order valence-electron chi connectivity index (χ1n) is 3.72. The molecule has 66 valence electrons. The molecule has 3 nitrogen and oxygen atoms in total. The molecule has 0 aromatic carbocycles. The second-order valence-electron chi connectivity index (χ2n) is 2.30. The van der Waals surface area contributed by atoms with Gasteiger partial charge in [0.05, 0.1) is 11.5 Å². The van der Waals surface area contributed by atoms with E-state index in [9.17, 15) is 4.79 Å². The van der Waals surface area contributed by atoms with Crippen molar-refractivity contribution >= 4 is 17.2 Å². The fourth-order valence-corrected chi connectivity index (χ4v) is 1.60. The first kappa shape index (κ1) is 9.22. The van der Waals surface area contributed by atoms with Gasteiger partial charge in [-0.3, -0.25) is 9.63 Å². The summed E-state index contributed by atoms with van der Waals surface area (Å²) in [7, 11) is 0. The van der Waals surface area contributed by atoms with Crippen molar-refractivity contribution in [3.05, 3.63) is 21.9 Å². The Morgan fingerprint density at radius 3 is 3.00 bits per heavy atom. The van der Waals surface area contributed by atoms with Gasteiger partial charge in [0.15, 0.2) is 0 Å². The summed E-state index contributed by atoms with van der Waals surface area (Å²) in [6, 6.07) is 1.91. The van der Waals surface area contributed by atoms with Gasteiger partial charge in [-0.05, 0) is 30.9 Å². The van der Waals surface area contributed by atoms with Gasteiger partial charge in [-0.1, -0.05) is 0 Å². The fraction of sp³-hybridized carbons (Fsp3) is 0.375. The lowest BCUT2D eigenvalue weighted by atomic mass is 10.3. The van der Waals surface area contributed by atoms with Crippen LogP contribution in [0.5, 0.6) is 0 Å². The molecule has 4 heteroatoms. The third-order valence-electron chi connectivity index (χ3n) is 1.38. The van der Waals surface area contributed by atoms with Crippen molar-refractivity contribution < 1.29 is 9.63 Å². The number of nitrogens with one attached hydrogen (secondary N) is 1. The van der Waals surface area contributed by atoms with E-state index in [0.717, 1.165) is 5.56 Å². The van der Waals surface area contributed by atoms with Crippen LogP contribution in [0.1, 0.15) is 22.2 Å². The first-order chi connectivity index (χ1) is 5.75. The van der Waals surface area contributed by atoms with Crippen LogP contribution < -0.4 is 5.48 Å². The number of rotatable bonds is 3. The van der Waals surface area contributed by atoms with E-state index in [2.05, 4.69) is 5.48 Å². The molecule has 0 aliphatic rings. The van der Waals surface area contributed by atoms with Crippen molar-refractivity contribution in [3.8, 4) is 0 Å². The van der Waals surface area contributed by atoms with Crippen LogP contribution in [0.4, 0.5) is 0 Å². The molecule has 0 aliphatic carbocycles. The predicted octanol–water partition coefficient (Wildman–Crippen LogP) is 1.74. The normalized spacial score (nSPS) is 9.83. The zero-order chi connectivity index (χ0) is 8.97. The Morgan fingerprint density at radius 2 is 2.50 bits per heavy atom. The zero-order valence-electron chi connectivity index (χ0n) is 7.09. The van der Waals surface area contributed by atoms with E-state index in [-0.39, 0.29) is 5.91 Å². The predicted molar refractivity (Wildman–Crippen MR) is 48.1 cm³/mol. The Hall–Kier alpha value is -0.870. The minimum absolute atomic E-state index is 0.163. The molecule has 0 atom stereocenters. The second-order valence-corrected chi connectivity index (χ2v) is 3.21. The highest BCUT2D eigenvalue weighted by atomic mass is 32.1. The van der Waals surface area contributed by atoms with Crippen LogP contribution in [-0.2, 0) is 4.84 Å². The molecule has 0 bridgehead atoms. The van der Waals surface area contributed by atoms with E-state index in [1.165, 1.54) is 11.3 Å². The molecule has 1 N–H and O–H groups in total. The summed E-state index contributed by atoms with van der Waals surface area (Å²) in [6.07, 6.45) is 0. The molecule has 1 heterocycles. The molecule has 1 rings (SSSR count). The Bertz CT molecular complexity index is 270. The Labute approximate surface area is 75.3 Å². The summed E-state index contributed by atoms with van der Waals surface area (Å²) >= 11 is 1.42. The first-order valence-corrected chi connectivity index (χ1v) is 4.60.